The molecule has 4 heteroatoms. The van der Waals surface area contributed by atoms with Crippen molar-refractivity contribution in [2.24, 2.45) is 0 Å². The number of aromatic nitrogens is 3. The molecular weight excluding hydrogens is 623 g/mol. The average molecular weight is 652 g/mol. The van der Waals surface area contributed by atoms with E-state index in [4.69, 9.17) is 19.4 Å². The lowest BCUT2D eigenvalue weighted by atomic mass is 9.96. The maximum absolute atomic E-state index is 6.62. The Bertz CT molecular complexity index is 2900. The van der Waals surface area contributed by atoms with Crippen LogP contribution < -0.4 is 0 Å². The molecule has 0 saturated heterocycles. The second-order valence-electron chi connectivity index (χ2n) is 12.8. The van der Waals surface area contributed by atoms with E-state index in [0.717, 1.165) is 71.3 Å². The Labute approximate surface area is 294 Å². The molecule has 0 bridgehead atoms. The van der Waals surface area contributed by atoms with E-state index in [9.17, 15) is 0 Å². The minimum absolute atomic E-state index is 0.599. The average Bonchev–Trinajstić information content (AvgIpc) is 3.61. The van der Waals surface area contributed by atoms with E-state index in [1.807, 2.05) is 54.6 Å². The minimum Gasteiger partial charge on any atom is -0.455 e. The Morgan fingerprint density at radius 3 is 1.53 bits per heavy atom. The summed E-state index contributed by atoms with van der Waals surface area (Å²) in [5, 5.41) is 6.41. The lowest BCUT2D eigenvalue weighted by Crippen LogP contribution is -2.00. The van der Waals surface area contributed by atoms with Gasteiger partial charge in [0.25, 0.3) is 0 Å². The number of rotatable bonds is 5. The maximum atomic E-state index is 6.62. The van der Waals surface area contributed by atoms with Crippen LogP contribution >= 0.6 is 0 Å². The molecule has 0 unspecified atom stereocenters. The molecule has 8 aromatic carbocycles. The number of hydrogen-bond donors (Lipinski definition) is 0. The monoisotopic (exact) mass is 651 g/mol. The van der Waals surface area contributed by atoms with Gasteiger partial charge in [0.2, 0.25) is 0 Å². The predicted molar refractivity (Wildman–Crippen MR) is 209 cm³/mol. The van der Waals surface area contributed by atoms with Crippen molar-refractivity contribution < 1.29 is 4.42 Å². The van der Waals surface area contributed by atoms with Gasteiger partial charge in [0.1, 0.15) is 11.2 Å². The smallest absolute Gasteiger partial charge is 0.164 e. The van der Waals surface area contributed by atoms with E-state index in [0.29, 0.717) is 17.5 Å². The van der Waals surface area contributed by atoms with E-state index in [2.05, 4.69) is 121 Å². The lowest BCUT2D eigenvalue weighted by molar-refractivity contribution is 0.672. The van der Waals surface area contributed by atoms with Gasteiger partial charge in [0.15, 0.2) is 17.5 Å². The summed E-state index contributed by atoms with van der Waals surface area (Å²) in [5.74, 6) is 1.84. The summed E-state index contributed by atoms with van der Waals surface area (Å²) >= 11 is 0. The van der Waals surface area contributed by atoms with Crippen molar-refractivity contribution in [3.8, 4) is 56.4 Å². The van der Waals surface area contributed by atoms with Crippen LogP contribution in [0.1, 0.15) is 0 Å². The van der Waals surface area contributed by atoms with Gasteiger partial charge >= 0.3 is 0 Å². The second kappa shape index (κ2) is 11.9. The van der Waals surface area contributed by atoms with Crippen molar-refractivity contribution in [3.05, 3.63) is 176 Å². The van der Waals surface area contributed by atoms with Gasteiger partial charge in [-0.25, -0.2) is 15.0 Å². The van der Waals surface area contributed by atoms with Gasteiger partial charge in [-0.1, -0.05) is 140 Å². The molecule has 0 fully saturated rings. The second-order valence-corrected chi connectivity index (χ2v) is 12.8. The fraction of sp³-hybridized carbons (Fsp3) is 0. The number of benzene rings is 8. The number of furan rings is 1. The lowest BCUT2D eigenvalue weighted by Gasteiger charge is -2.12. The highest BCUT2D eigenvalue weighted by Gasteiger charge is 2.21. The fourth-order valence-electron chi connectivity index (χ4n) is 7.14. The Morgan fingerprint density at radius 1 is 0.333 bits per heavy atom. The minimum atomic E-state index is 0.599. The fourth-order valence-corrected chi connectivity index (χ4v) is 7.14. The van der Waals surface area contributed by atoms with E-state index in [1.54, 1.807) is 0 Å². The molecule has 10 aromatic rings. The van der Waals surface area contributed by atoms with Crippen LogP contribution in [0.3, 0.4) is 0 Å². The highest BCUT2D eigenvalue weighted by atomic mass is 16.3. The van der Waals surface area contributed by atoms with Gasteiger partial charge in [-0.15, -0.1) is 0 Å². The van der Waals surface area contributed by atoms with Gasteiger partial charge in [0, 0.05) is 32.8 Å². The Morgan fingerprint density at radius 2 is 0.843 bits per heavy atom. The molecule has 0 amide bonds. The SMILES string of the molecule is c1ccc(-c2ccc3cc(-c4nc(-c5ccccc5)nc(-c5cc6cc(-c7ccccc7)ccc6c6oc7ccccc7c56)n4)ccc3c2)cc1. The van der Waals surface area contributed by atoms with Crippen LogP contribution in [0.4, 0.5) is 0 Å². The van der Waals surface area contributed by atoms with Crippen LogP contribution in [0.2, 0.25) is 0 Å². The molecule has 0 aliphatic rings. The molecule has 0 aliphatic carbocycles. The summed E-state index contributed by atoms with van der Waals surface area (Å²) in [7, 11) is 0. The molecule has 2 aromatic heterocycles. The first-order chi connectivity index (χ1) is 25.2. The summed E-state index contributed by atoms with van der Waals surface area (Å²) in [6.45, 7) is 0. The van der Waals surface area contributed by atoms with Crippen molar-refractivity contribution in [2.45, 2.75) is 0 Å². The van der Waals surface area contributed by atoms with Crippen molar-refractivity contribution in [2.75, 3.05) is 0 Å². The van der Waals surface area contributed by atoms with Crippen molar-refractivity contribution in [3.63, 3.8) is 0 Å². The molecule has 0 saturated carbocycles. The normalized spacial score (nSPS) is 11.5. The zero-order valence-corrected chi connectivity index (χ0v) is 27.5. The largest absolute Gasteiger partial charge is 0.455 e. The van der Waals surface area contributed by atoms with Crippen LogP contribution in [-0.2, 0) is 0 Å². The van der Waals surface area contributed by atoms with Crippen molar-refractivity contribution in [1.29, 1.82) is 0 Å². The first kappa shape index (κ1) is 29.0. The molecule has 4 nitrogen and oxygen atoms in total. The van der Waals surface area contributed by atoms with Crippen LogP contribution in [0.25, 0.3) is 99.9 Å². The van der Waals surface area contributed by atoms with E-state index < -0.39 is 0 Å². The predicted octanol–water partition coefficient (Wildman–Crippen LogP) is 12.4. The maximum Gasteiger partial charge on any atom is 0.164 e. The van der Waals surface area contributed by atoms with E-state index in [1.165, 1.54) is 11.1 Å². The molecule has 0 atom stereocenters. The third-order valence-corrected chi connectivity index (χ3v) is 9.68. The topological polar surface area (TPSA) is 51.8 Å². The molecule has 2 heterocycles. The molecule has 0 radical (unpaired) electrons. The molecule has 238 valence electrons. The third-order valence-electron chi connectivity index (χ3n) is 9.68. The standard InChI is InChI=1S/C47H29N3O/c1-4-12-30(13-5-1)33-20-21-36-27-37(23-22-35(36)26-33)46-48-45(32-16-8-3-9-17-32)49-47(50-46)41-29-38-28-34(31-14-6-2-7-15-31)24-25-39(38)44-43(41)40-18-10-11-19-42(40)51-44/h1-29H. The Kier molecular flexibility index (Phi) is 6.78. The van der Waals surface area contributed by atoms with E-state index in [-0.39, 0.29) is 0 Å². The van der Waals surface area contributed by atoms with Crippen LogP contribution in [0.5, 0.6) is 0 Å². The van der Waals surface area contributed by atoms with Crippen molar-refractivity contribution >= 4 is 43.5 Å². The van der Waals surface area contributed by atoms with Crippen molar-refractivity contribution in [1.82, 2.24) is 15.0 Å². The van der Waals surface area contributed by atoms with Gasteiger partial charge < -0.3 is 4.42 Å². The summed E-state index contributed by atoms with van der Waals surface area (Å²) in [6.07, 6.45) is 0. The quantitative estimate of drug-likeness (QED) is 0.186. The number of nitrogens with zero attached hydrogens (tertiary/aromatic N) is 3. The first-order valence-electron chi connectivity index (χ1n) is 17.1. The third kappa shape index (κ3) is 5.13. The molecule has 10 rings (SSSR count). The summed E-state index contributed by atoms with van der Waals surface area (Å²) in [4.78, 5) is 15.5. The number of para-hydroxylation sites is 1. The highest BCUT2D eigenvalue weighted by molar-refractivity contribution is 6.21. The zero-order valence-electron chi connectivity index (χ0n) is 27.5. The van der Waals surface area contributed by atoms with Gasteiger partial charge in [-0.2, -0.15) is 0 Å². The Hall–Kier alpha value is -6.91. The molecular formula is C47H29N3O. The molecule has 0 aliphatic heterocycles. The van der Waals surface area contributed by atoms with Crippen LogP contribution in [0.15, 0.2) is 180 Å². The molecule has 51 heavy (non-hydrogen) atoms. The number of hydrogen-bond acceptors (Lipinski definition) is 4. The molecule has 0 spiro atoms. The van der Waals surface area contributed by atoms with Gasteiger partial charge in [-0.3, -0.25) is 0 Å². The highest BCUT2D eigenvalue weighted by Crippen LogP contribution is 2.42. The summed E-state index contributed by atoms with van der Waals surface area (Å²) in [5.41, 5.74) is 9.09. The summed E-state index contributed by atoms with van der Waals surface area (Å²) < 4.78 is 6.62. The van der Waals surface area contributed by atoms with E-state index >= 15 is 0 Å². The first-order valence-corrected chi connectivity index (χ1v) is 17.1. The zero-order chi connectivity index (χ0) is 33.7. The Balaban J connectivity index is 1.20. The van der Waals surface area contributed by atoms with Gasteiger partial charge in [0.05, 0.1) is 0 Å². The van der Waals surface area contributed by atoms with Gasteiger partial charge in [-0.05, 0) is 74.8 Å². The van der Waals surface area contributed by atoms with Crippen LogP contribution in [0, 0.1) is 0 Å². The summed E-state index contributed by atoms with van der Waals surface area (Å²) in [6, 6.07) is 61.1. The molecule has 0 N–H and O–H groups in total. The number of fused-ring (bicyclic) bond motifs is 6. The van der Waals surface area contributed by atoms with Crippen LogP contribution in [-0.4, -0.2) is 15.0 Å².